The van der Waals surface area contributed by atoms with Crippen LogP contribution in [0.5, 0.6) is 5.75 Å². The van der Waals surface area contributed by atoms with E-state index in [1.54, 1.807) is 17.4 Å². The summed E-state index contributed by atoms with van der Waals surface area (Å²) in [4.78, 5) is 2.53. The Morgan fingerprint density at radius 2 is 1.25 bits per heavy atom. The first kappa shape index (κ1) is 28.4. The summed E-state index contributed by atoms with van der Waals surface area (Å²) in [6.45, 7) is 5.25. The molecular formula is C33H45FOS. The SMILES string of the molecule is CCCCCCCCCCCCOc1ccc(-c2ccc(-c3ccc(CCCCC)s3)cc2F)cc1. The van der Waals surface area contributed by atoms with Crippen LogP contribution in [0.4, 0.5) is 4.39 Å². The Bertz CT molecular complexity index is 991. The summed E-state index contributed by atoms with van der Waals surface area (Å²) in [5.41, 5.74) is 2.48. The molecule has 0 saturated carbocycles. The molecule has 196 valence electrons. The van der Waals surface area contributed by atoms with Crippen LogP contribution in [0.1, 0.15) is 102 Å². The maximum Gasteiger partial charge on any atom is 0.131 e. The van der Waals surface area contributed by atoms with E-state index in [1.807, 2.05) is 36.4 Å². The van der Waals surface area contributed by atoms with Crippen molar-refractivity contribution in [1.82, 2.24) is 0 Å². The summed E-state index contributed by atoms with van der Waals surface area (Å²) >= 11 is 1.78. The molecule has 0 spiro atoms. The third-order valence-electron chi connectivity index (χ3n) is 6.87. The van der Waals surface area contributed by atoms with Crippen molar-refractivity contribution in [2.45, 2.75) is 104 Å². The maximum absolute atomic E-state index is 15.0. The predicted molar refractivity (Wildman–Crippen MR) is 156 cm³/mol. The van der Waals surface area contributed by atoms with Gasteiger partial charge in [-0.3, -0.25) is 0 Å². The van der Waals surface area contributed by atoms with E-state index in [0.29, 0.717) is 5.56 Å². The zero-order chi connectivity index (χ0) is 25.4. The molecule has 0 N–H and O–H groups in total. The number of rotatable bonds is 18. The molecule has 1 nitrogen and oxygen atoms in total. The van der Waals surface area contributed by atoms with Crippen LogP contribution < -0.4 is 4.74 Å². The van der Waals surface area contributed by atoms with Gasteiger partial charge in [-0.2, -0.15) is 0 Å². The summed E-state index contributed by atoms with van der Waals surface area (Å²) in [5, 5.41) is 0. The molecule has 36 heavy (non-hydrogen) atoms. The van der Waals surface area contributed by atoms with E-state index in [-0.39, 0.29) is 5.82 Å². The molecule has 0 fully saturated rings. The van der Waals surface area contributed by atoms with Crippen molar-refractivity contribution in [3.63, 3.8) is 0 Å². The lowest BCUT2D eigenvalue weighted by atomic mass is 10.0. The van der Waals surface area contributed by atoms with Gasteiger partial charge in [0.2, 0.25) is 0 Å². The van der Waals surface area contributed by atoms with E-state index >= 15 is 4.39 Å². The van der Waals surface area contributed by atoms with Crippen LogP contribution in [0.3, 0.4) is 0 Å². The Morgan fingerprint density at radius 3 is 1.92 bits per heavy atom. The molecule has 0 aliphatic heterocycles. The van der Waals surface area contributed by atoms with Gasteiger partial charge in [-0.25, -0.2) is 4.39 Å². The number of halogens is 1. The van der Waals surface area contributed by atoms with E-state index in [1.165, 1.54) is 81.9 Å². The van der Waals surface area contributed by atoms with Crippen molar-refractivity contribution in [3.05, 3.63) is 65.3 Å². The second kappa shape index (κ2) is 16.6. The van der Waals surface area contributed by atoms with Gasteiger partial charge in [0, 0.05) is 15.3 Å². The molecule has 0 atom stereocenters. The molecule has 1 aromatic heterocycles. The molecule has 0 amide bonds. The van der Waals surface area contributed by atoms with Gasteiger partial charge in [-0.15, -0.1) is 11.3 Å². The first-order chi connectivity index (χ1) is 17.7. The first-order valence-electron chi connectivity index (χ1n) is 14.3. The Balaban J connectivity index is 1.40. The van der Waals surface area contributed by atoms with Gasteiger partial charge in [-0.1, -0.05) is 109 Å². The maximum atomic E-state index is 15.0. The molecule has 3 rings (SSSR count). The highest BCUT2D eigenvalue weighted by Gasteiger charge is 2.10. The van der Waals surface area contributed by atoms with Crippen LogP contribution in [0.25, 0.3) is 21.6 Å². The van der Waals surface area contributed by atoms with Crippen LogP contribution in [0, 0.1) is 5.82 Å². The van der Waals surface area contributed by atoms with Gasteiger partial charge in [0.05, 0.1) is 6.61 Å². The highest BCUT2D eigenvalue weighted by molar-refractivity contribution is 7.15. The minimum absolute atomic E-state index is 0.174. The monoisotopic (exact) mass is 508 g/mol. The van der Waals surface area contributed by atoms with Gasteiger partial charge < -0.3 is 4.74 Å². The van der Waals surface area contributed by atoms with E-state index < -0.39 is 0 Å². The lowest BCUT2D eigenvalue weighted by molar-refractivity contribution is 0.304. The molecule has 0 saturated heterocycles. The highest BCUT2D eigenvalue weighted by Crippen LogP contribution is 2.33. The van der Waals surface area contributed by atoms with E-state index in [0.717, 1.165) is 41.2 Å². The minimum Gasteiger partial charge on any atom is -0.494 e. The van der Waals surface area contributed by atoms with Crippen LogP contribution in [-0.2, 0) is 6.42 Å². The Labute approximate surface area is 223 Å². The number of unbranched alkanes of at least 4 members (excludes halogenated alkanes) is 11. The third kappa shape index (κ3) is 9.73. The topological polar surface area (TPSA) is 9.23 Å². The molecule has 0 unspecified atom stereocenters. The Hall–Kier alpha value is -2.13. The molecule has 0 aliphatic carbocycles. The molecule has 1 heterocycles. The number of hydrogen-bond donors (Lipinski definition) is 0. The van der Waals surface area contributed by atoms with E-state index in [4.69, 9.17) is 4.74 Å². The number of hydrogen-bond acceptors (Lipinski definition) is 2. The Kier molecular flexibility index (Phi) is 13.1. The zero-order valence-electron chi connectivity index (χ0n) is 22.5. The molecule has 3 aromatic rings. The van der Waals surface area contributed by atoms with Crippen molar-refractivity contribution in [2.75, 3.05) is 6.61 Å². The van der Waals surface area contributed by atoms with Crippen molar-refractivity contribution in [3.8, 4) is 27.3 Å². The Morgan fingerprint density at radius 1 is 0.639 bits per heavy atom. The summed E-state index contributed by atoms with van der Waals surface area (Å²) in [7, 11) is 0. The molecule has 2 aromatic carbocycles. The summed E-state index contributed by atoms with van der Waals surface area (Å²) in [6.07, 6.45) is 18.1. The third-order valence-corrected chi connectivity index (χ3v) is 8.07. The van der Waals surface area contributed by atoms with Gasteiger partial charge in [0.25, 0.3) is 0 Å². The summed E-state index contributed by atoms with van der Waals surface area (Å²) in [6, 6.07) is 17.8. The van der Waals surface area contributed by atoms with Crippen LogP contribution >= 0.6 is 11.3 Å². The number of benzene rings is 2. The van der Waals surface area contributed by atoms with Gasteiger partial charge >= 0.3 is 0 Å². The normalized spacial score (nSPS) is 11.2. The fourth-order valence-electron chi connectivity index (χ4n) is 4.63. The molecule has 0 bridgehead atoms. The van der Waals surface area contributed by atoms with Crippen molar-refractivity contribution >= 4 is 11.3 Å². The van der Waals surface area contributed by atoms with Gasteiger partial charge in [0.1, 0.15) is 11.6 Å². The quantitative estimate of drug-likeness (QED) is 0.155. The van der Waals surface area contributed by atoms with Crippen LogP contribution in [-0.4, -0.2) is 6.61 Å². The number of ether oxygens (including phenoxy) is 1. The van der Waals surface area contributed by atoms with E-state index in [2.05, 4.69) is 26.0 Å². The number of thiophene rings is 1. The van der Waals surface area contributed by atoms with Gasteiger partial charge in [-0.05, 0) is 60.7 Å². The van der Waals surface area contributed by atoms with Gasteiger partial charge in [0.15, 0.2) is 0 Å². The largest absolute Gasteiger partial charge is 0.494 e. The first-order valence-corrected chi connectivity index (χ1v) is 15.1. The molecule has 3 heteroatoms. The average Bonchev–Trinajstić information content (AvgIpc) is 3.37. The smallest absolute Gasteiger partial charge is 0.131 e. The summed E-state index contributed by atoms with van der Waals surface area (Å²) in [5.74, 6) is 0.688. The fourth-order valence-corrected chi connectivity index (χ4v) is 5.68. The standard InChI is InChI=1S/C33H45FOS/c1-3-5-7-8-9-10-11-12-13-15-25-35-29-20-17-27(18-21-29)31-23-19-28(26-32(31)34)33-24-22-30(36-33)16-14-6-4-2/h17-24,26H,3-16,25H2,1-2H3. The molecule has 0 radical (unpaired) electrons. The lowest BCUT2D eigenvalue weighted by Gasteiger charge is -2.09. The highest BCUT2D eigenvalue weighted by atomic mass is 32.1. The fraction of sp³-hybridized carbons (Fsp3) is 0.515. The second-order valence-electron chi connectivity index (χ2n) is 9.97. The zero-order valence-corrected chi connectivity index (χ0v) is 23.3. The van der Waals surface area contributed by atoms with Crippen molar-refractivity contribution < 1.29 is 9.13 Å². The van der Waals surface area contributed by atoms with Crippen LogP contribution in [0.15, 0.2) is 54.6 Å². The van der Waals surface area contributed by atoms with Crippen molar-refractivity contribution in [1.29, 1.82) is 0 Å². The molecule has 0 aliphatic rings. The number of aryl methyl sites for hydroxylation is 1. The average molecular weight is 509 g/mol. The van der Waals surface area contributed by atoms with Crippen molar-refractivity contribution in [2.24, 2.45) is 0 Å². The molecular weight excluding hydrogens is 463 g/mol. The predicted octanol–water partition coefficient (Wildman–Crippen LogP) is 11.3. The second-order valence-corrected chi connectivity index (χ2v) is 11.1. The minimum atomic E-state index is -0.174. The van der Waals surface area contributed by atoms with E-state index in [9.17, 15) is 0 Å². The van der Waals surface area contributed by atoms with Crippen LogP contribution in [0.2, 0.25) is 0 Å². The lowest BCUT2D eigenvalue weighted by Crippen LogP contribution is -1.97. The summed E-state index contributed by atoms with van der Waals surface area (Å²) < 4.78 is 20.9.